The van der Waals surface area contributed by atoms with E-state index >= 15 is 0 Å². The second kappa shape index (κ2) is 14.8. The van der Waals surface area contributed by atoms with Crippen LogP contribution in [0.15, 0.2) is 77.3 Å². The van der Waals surface area contributed by atoms with Crippen LogP contribution in [0.1, 0.15) is 46.8 Å². The number of phenolic OH excluding ortho intramolecular Hbond substituents is 2. The van der Waals surface area contributed by atoms with Crippen LogP contribution in [0.25, 0.3) is 33.6 Å². The summed E-state index contributed by atoms with van der Waals surface area (Å²) in [7, 11) is 1.63. The summed E-state index contributed by atoms with van der Waals surface area (Å²) in [6.45, 7) is 7.48. The maximum atomic E-state index is 13.4. The van der Waals surface area contributed by atoms with Gasteiger partial charge in [-0.3, -0.25) is 4.79 Å². The van der Waals surface area contributed by atoms with E-state index in [9.17, 15) is 19.8 Å². The van der Waals surface area contributed by atoms with Crippen molar-refractivity contribution < 1.29 is 38.4 Å². The van der Waals surface area contributed by atoms with Gasteiger partial charge >= 0.3 is 6.09 Å². The molecule has 1 fully saturated rings. The lowest BCUT2D eigenvalue weighted by Crippen LogP contribution is -2.37. The van der Waals surface area contributed by atoms with E-state index in [2.05, 4.69) is 9.88 Å². The SMILES string of the molecule is CC(C)c1cc(C(=O)N2Cc3ccc(OCCN(C)C(=O)Oc4cccc(-c5nc(N6CCOCC6)c6oc7ncccc7c6n5)c4)cc3C2)c(O)cc1O. The topological polar surface area (TPSA) is 164 Å². The Labute approximate surface area is 316 Å². The van der Waals surface area contributed by atoms with Crippen LogP contribution in [0.3, 0.4) is 0 Å². The predicted octanol–water partition coefficient (Wildman–Crippen LogP) is 6.47. The molecule has 0 aliphatic carbocycles. The normalized spacial score (nSPS) is 14.1. The number of hydrogen-bond donors (Lipinski definition) is 2. The number of furan rings is 1. The number of aromatic hydroxyl groups is 2. The summed E-state index contributed by atoms with van der Waals surface area (Å²) in [6, 6.07) is 19.3. The Kier molecular flexibility index (Phi) is 9.57. The molecular formula is C41H40N6O8. The molecule has 0 bridgehead atoms. The third-order valence-electron chi connectivity index (χ3n) is 9.87. The number of carbonyl (C=O) groups is 2. The van der Waals surface area contributed by atoms with Crippen molar-refractivity contribution in [2.24, 2.45) is 0 Å². The van der Waals surface area contributed by atoms with Gasteiger partial charge in [-0.1, -0.05) is 32.0 Å². The lowest BCUT2D eigenvalue weighted by Gasteiger charge is -2.27. The second-order valence-electron chi connectivity index (χ2n) is 13.9. The van der Waals surface area contributed by atoms with Gasteiger partial charge in [-0.25, -0.2) is 19.7 Å². The molecule has 8 rings (SSSR count). The number of ether oxygens (including phenoxy) is 3. The first kappa shape index (κ1) is 35.6. The molecule has 0 spiro atoms. The molecule has 2 aliphatic heterocycles. The number of nitrogens with zero attached hydrogens (tertiary/aromatic N) is 6. The second-order valence-corrected chi connectivity index (χ2v) is 13.9. The number of fused-ring (bicyclic) bond motifs is 4. The Morgan fingerprint density at radius 2 is 1.75 bits per heavy atom. The molecule has 0 atom stereocenters. The van der Waals surface area contributed by atoms with Gasteiger partial charge in [-0.05, 0) is 65.1 Å². The number of rotatable bonds is 9. The third-order valence-corrected chi connectivity index (χ3v) is 9.87. The maximum Gasteiger partial charge on any atom is 0.415 e. The zero-order chi connectivity index (χ0) is 38.2. The summed E-state index contributed by atoms with van der Waals surface area (Å²) in [4.78, 5) is 45.9. The van der Waals surface area contributed by atoms with Crippen molar-refractivity contribution in [1.82, 2.24) is 24.8 Å². The van der Waals surface area contributed by atoms with Gasteiger partial charge in [-0.2, -0.15) is 0 Å². The van der Waals surface area contributed by atoms with Crippen LogP contribution in [-0.4, -0.2) is 93.5 Å². The van der Waals surface area contributed by atoms with Gasteiger partial charge in [0.1, 0.15) is 35.1 Å². The Morgan fingerprint density at radius 3 is 2.56 bits per heavy atom. The number of anilines is 1. The monoisotopic (exact) mass is 744 g/mol. The molecule has 0 radical (unpaired) electrons. The van der Waals surface area contributed by atoms with Gasteiger partial charge in [0.25, 0.3) is 5.91 Å². The Hall–Kier alpha value is -6.41. The van der Waals surface area contributed by atoms with Crippen molar-refractivity contribution in [3.63, 3.8) is 0 Å². The summed E-state index contributed by atoms with van der Waals surface area (Å²) in [5.74, 6) is 1.43. The predicted molar refractivity (Wildman–Crippen MR) is 204 cm³/mol. The number of hydrogen-bond acceptors (Lipinski definition) is 12. The van der Waals surface area contributed by atoms with Crippen LogP contribution >= 0.6 is 0 Å². The molecule has 14 heteroatoms. The van der Waals surface area contributed by atoms with E-state index in [4.69, 9.17) is 28.6 Å². The zero-order valence-electron chi connectivity index (χ0n) is 30.7. The van der Waals surface area contributed by atoms with E-state index in [1.165, 1.54) is 11.0 Å². The van der Waals surface area contributed by atoms with Gasteiger partial charge in [0.05, 0.1) is 30.7 Å². The fourth-order valence-electron chi connectivity index (χ4n) is 6.85. The van der Waals surface area contributed by atoms with Gasteiger partial charge in [0.15, 0.2) is 17.2 Å². The molecule has 6 aromatic rings. The molecule has 2 N–H and O–H groups in total. The molecule has 5 heterocycles. The average Bonchev–Trinajstić information content (AvgIpc) is 3.79. The van der Waals surface area contributed by atoms with Crippen molar-refractivity contribution in [3.8, 4) is 34.4 Å². The van der Waals surface area contributed by atoms with Gasteiger partial charge in [0, 0.05) is 51.1 Å². The van der Waals surface area contributed by atoms with Gasteiger partial charge < -0.3 is 43.5 Å². The zero-order valence-corrected chi connectivity index (χ0v) is 30.7. The standard InChI is InChI=1S/C41H40N6O8/c1-24(2)31-20-32(34(49)21-33(31)48)40(50)47-22-26-9-10-28(19-27(26)23-47)53-17-12-45(3)41(51)54-29-7-4-6-25(18-29)37-43-35-30-8-5-11-42-39(30)55-36(35)38(44-37)46-13-15-52-16-14-46/h4-11,18-21,24,48-49H,12-17,22-23H2,1-3H3. The molecule has 3 aromatic carbocycles. The highest BCUT2D eigenvalue weighted by Gasteiger charge is 2.28. The first-order chi connectivity index (χ1) is 26.6. The van der Waals surface area contributed by atoms with Crippen LogP contribution in [0, 0.1) is 0 Å². The smallest absolute Gasteiger partial charge is 0.415 e. The number of amides is 2. The number of aromatic nitrogens is 3. The summed E-state index contributed by atoms with van der Waals surface area (Å²) in [5, 5.41) is 21.4. The van der Waals surface area contributed by atoms with Crippen LogP contribution in [0.2, 0.25) is 0 Å². The fraction of sp³-hybridized carbons (Fsp3) is 0.293. The minimum Gasteiger partial charge on any atom is -0.508 e. The molecule has 2 aliphatic rings. The molecule has 0 saturated carbocycles. The van der Waals surface area contributed by atoms with E-state index in [0.717, 1.165) is 16.5 Å². The summed E-state index contributed by atoms with van der Waals surface area (Å²) in [5.41, 5.74) is 5.03. The molecule has 55 heavy (non-hydrogen) atoms. The molecule has 2 amide bonds. The minimum atomic E-state index is -0.556. The van der Waals surface area contributed by atoms with Gasteiger partial charge in [-0.15, -0.1) is 0 Å². The van der Waals surface area contributed by atoms with Crippen LogP contribution in [0.4, 0.5) is 10.6 Å². The Bertz CT molecular complexity index is 2420. The first-order valence-corrected chi connectivity index (χ1v) is 18.1. The fourth-order valence-corrected chi connectivity index (χ4v) is 6.85. The number of morpholine rings is 1. The molecule has 1 saturated heterocycles. The van der Waals surface area contributed by atoms with E-state index in [1.54, 1.807) is 42.4 Å². The van der Waals surface area contributed by atoms with Crippen molar-refractivity contribution in [1.29, 1.82) is 0 Å². The molecule has 14 nitrogen and oxygen atoms in total. The van der Waals surface area contributed by atoms with Crippen LogP contribution < -0.4 is 14.4 Å². The largest absolute Gasteiger partial charge is 0.508 e. The Morgan fingerprint density at radius 1 is 0.927 bits per heavy atom. The summed E-state index contributed by atoms with van der Waals surface area (Å²) < 4.78 is 23.4. The highest BCUT2D eigenvalue weighted by atomic mass is 16.6. The van der Waals surface area contributed by atoms with Crippen molar-refractivity contribution >= 4 is 40.0 Å². The van der Waals surface area contributed by atoms with Crippen LogP contribution in [0.5, 0.6) is 23.0 Å². The minimum absolute atomic E-state index is 0.0195. The Balaban J connectivity index is 0.901. The van der Waals surface area contributed by atoms with E-state index in [-0.39, 0.29) is 42.0 Å². The summed E-state index contributed by atoms with van der Waals surface area (Å²) in [6.07, 6.45) is 1.12. The van der Waals surface area contributed by atoms with Crippen molar-refractivity contribution in [2.45, 2.75) is 32.9 Å². The highest BCUT2D eigenvalue weighted by molar-refractivity contribution is 6.05. The van der Waals surface area contributed by atoms with Gasteiger partial charge in [0.2, 0.25) is 5.71 Å². The van der Waals surface area contributed by atoms with E-state index in [1.807, 2.05) is 50.2 Å². The lowest BCUT2D eigenvalue weighted by molar-refractivity contribution is 0.0748. The number of phenols is 2. The number of pyridine rings is 1. The van der Waals surface area contributed by atoms with Crippen molar-refractivity contribution in [2.75, 3.05) is 51.4 Å². The van der Waals surface area contributed by atoms with E-state index < -0.39 is 6.09 Å². The molecule has 0 unspecified atom stereocenters. The van der Waals surface area contributed by atoms with E-state index in [0.29, 0.717) is 90.5 Å². The number of likely N-dealkylation sites (N-methyl/N-ethyl adjacent to an activating group) is 1. The highest BCUT2D eigenvalue weighted by Crippen LogP contribution is 2.37. The molecule has 282 valence electrons. The van der Waals surface area contributed by atoms with Crippen molar-refractivity contribution in [3.05, 3.63) is 95.2 Å². The van der Waals surface area contributed by atoms with Crippen LogP contribution in [-0.2, 0) is 17.8 Å². The lowest BCUT2D eigenvalue weighted by atomic mass is 9.98. The number of benzene rings is 3. The maximum absolute atomic E-state index is 13.4. The molecule has 3 aromatic heterocycles. The summed E-state index contributed by atoms with van der Waals surface area (Å²) >= 11 is 0. The average molecular weight is 745 g/mol. The quantitative estimate of drug-likeness (QED) is 0.166. The molecular weight excluding hydrogens is 704 g/mol. The first-order valence-electron chi connectivity index (χ1n) is 18.1. The number of carbonyl (C=O) groups excluding carboxylic acids is 2. The third kappa shape index (κ3) is 7.15.